The third-order valence-corrected chi connectivity index (χ3v) is 3.48. The molecule has 1 aromatic rings. The maximum absolute atomic E-state index is 13.3. The first-order valence-corrected chi connectivity index (χ1v) is 5.98. The molecule has 0 aliphatic carbocycles. The molecular formula is C12H15ClFNO2. The number of phenolic OH excluding ortho intramolecular Hbond substituents is 1. The quantitative estimate of drug-likeness (QED) is 0.858. The minimum absolute atomic E-state index is 0.00232. The van der Waals surface area contributed by atoms with Crippen molar-refractivity contribution in [2.45, 2.75) is 18.9 Å². The Hall–Kier alpha value is -0.840. The van der Waals surface area contributed by atoms with E-state index in [9.17, 15) is 9.50 Å². The lowest BCUT2D eigenvalue weighted by Gasteiger charge is -2.28. The van der Waals surface area contributed by atoms with Crippen molar-refractivity contribution < 1.29 is 14.2 Å². The van der Waals surface area contributed by atoms with Gasteiger partial charge in [0.1, 0.15) is 11.6 Å². The Bertz CT molecular complexity index is 408. The van der Waals surface area contributed by atoms with E-state index < -0.39 is 11.9 Å². The van der Waals surface area contributed by atoms with E-state index in [2.05, 4.69) is 0 Å². The van der Waals surface area contributed by atoms with Crippen LogP contribution in [0.5, 0.6) is 5.75 Å². The van der Waals surface area contributed by atoms with Crippen LogP contribution in [0.25, 0.3) is 0 Å². The molecule has 1 aromatic carbocycles. The van der Waals surface area contributed by atoms with Gasteiger partial charge in [-0.15, -0.1) is 0 Å². The van der Waals surface area contributed by atoms with Crippen molar-refractivity contribution >= 4 is 11.6 Å². The Morgan fingerprint density at radius 1 is 1.41 bits per heavy atom. The molecule has 3 nitrogen and oxygen atoms in total. The molecule has 0 spiro atoms. The maximum Gasteiger partial charge on any atom is 0.139 e. The topological polar surface area (TPSA) is 55.5 Å². The van der Waals surface area contributed by atoms with Crippen molar-refractivity contribution in [1.82, 2.24) is 0 Å². The summed E-state index contributed by atoms with van der Waals surface area (Å²) in [6.07, 6.45) is 1.63. The Labute approximate surface area is 104 Å². The molecule has 0 radical (unpaired) electrons. The number of ether oxygens (including phenoxy) is 1. The molecule has 1 atom stereocenters. The van der Waals surface area contributed by atoms with Crippen LogP contribution < -0.4 is 5.73 Å². The summed E-state index contributed by atoms with van der Waals surface area (Å²) >= 11 is 5.73. The predicted molar refractivity (Wildman–Crippen MR) is 63.5 cm³/mol. The standard InChI is InChI=1S/C12H15ClFNO2/c13-10-6-8(14)5-9(12(10)16)11(15)7-1-3-17-4-2-7/h5-7,11,16H,1-4,15H2/t11-/m1/s1. The fourth-order valence-electron chi connectivity index (χ4n) is 2.17. The molecule has 0 amide bonds. The van der Waals surface area contributed by atoms with Crippen molar-refractivity contribution in [2.24, 2.45) is 11.7 Å². The van der Waals surface area contributed by atoms with Crippen LogP contribution in [0.1, 0.15) is 24.4 Å². The Morgan fingerprint density at radius 3 is 2.71 bits per heavy atom. The Kier molecular flexibility index (Phi) is 3.86. The first-order chi connectivity index (χ1) is 8.09. The highest BCUT2D eigenvalue weighted by molar-refractivity contribution is 6.32. The van der Waals surface area contributed by atoms with Gasteiger partial charge in [-0.25, -0.2) is 4.39 Å². The highest BCUT2D eigenvalue weighted by atomic mass is 35.5. The predicted octanol–water partition coefficient (Wildman–Crippen LogP) is 2.61. The molecule has 1 saturated heterocycles. The summed E-state index contributed by atoms with van der Waals surface area (Å²) in [6, 6.07) is 1.92. The summed E-state index contributed by atoms with van der Waals surface area (Å²) in [5.41, 5.74) is 6.44. The van der Waals surface area contributed by atoms with Crippen LogP contribution in [-0.4, -0.2) is 18.3 Å². The monoisotopic (exact) mass is 259 g/mol. The fraction of sp³-hybridized carbons (Fsp3) is 0.500. The first kappa shape index (κ1) is 12.6. The number of benzene rings is 1. The number of hydrogen-bond donors (Lipinski definition) is 2. The zero-order valence-corrected chi connectivity index (χ0v) is 10.1. The van der Waals surface area contributed by atoms with Gasteiger partial charge < -0.3 is 15.6 Å². The average molecular weight is 260 g/mol. The van der Waals surface area contributed by atoms with Crippen molar-refractivity contribution in [3.05, 3.63) is 28.5 Å². The fourth-order valence-corrected chi connectivity index (χ4v) is 2.38. The highest BCUT2D eigenvalue weighted by Crippen LogP contribution is 2.37. The van der Waals surface area contributed by atoms with Gasteiger partial charge in [0.2, 0.25) is 0 Å². The smallest absolute Gasteiger partial charge is 0.139 e. The Morgan fingerprint density at radius 2 is 2.06 bits per heavy atom. The lowest BCUT2D eigenvalue weighted by atomic mass is 9.87. The van der Waals surface area contributed by atoms with Crippen molar-refractivity contribution in [1.29, 1.82) is 0 Å². The summed E-state index contributed by atoms with van der Waals surface area (Å²) in [6.45, 7) is 1.31. The second-order valence-corrected chi connectivity index (χ2v) is 4.71. The van der Waals surface area contributed by atoms with Gasteiger partial charge in [0.25, 0.3) is 0 Å². The van der Waals surface area contributed by atoms with Crippen molar-refractivity contribution in [2.75, 3.05) is 13.2 Å². The van der Waals surface area contributed by atoms with E-state index in [1.807, 2.05) is 0 Å². The van der Waals surface area contributed by atoms with Gasteiger partial charge in [0, 0.05) is 24.8 Å². The van der Waals surface area contributed by atoms with Gasteiger partial charge in [-0.1, -0.05) is 11.6 Å². The van der Waals surface area contributed by atoms with E-state index in [1.165, 1.54) is 6.07 Å². The summed E-state index contributed by atoms with van der Waals surface area (Å²) in [5, 5.41) is 9.82. The molecule has 1 aliphatic heterocycles. The van der Waals surface area contributed by atoms with Crippen LogP contribution in [0.15, 0.2) is 12.1 Å². The molecule has 5 heteroatoms. The van der Waals surface area contributed by atoms with Crippen LogP contribution >= 0.6 is 11.6 Å². The number of hydrogen-bond acceptors (Lipinski definition) is 3. The lowest BCUT2D eigenvalue weighted by Crippen LogP contribution is -2.27. The van der Waals surface area contributed by atoms with Crippen LogP contribution in [0.2, 0.25) is 5.02 Å². The van der Waals surface area contributed by atoms with E-state index in [-0.39, 0.29) is 16.7 Å². The normalized spacial score (nSPS) is 19.2. The third-order valence-electron chi connectivity index (χ3n) is 3.19. The Balaban J connectivity index is 2.26. The second-order valence-electron chi connectivity index (χ2n) is 4.30. The van der Waals surface area contributed by atoms with E-state index in [0.717, 1.165) is 18.9 Å². The molecule has 1 aliphatic rings. The molecule has 94 valence electrons. The number of nitrogens with two attached hydrogens (primary N) is 1. The molecule has 0 bridgehead atoms. The van der Waals surface area contributed by atoms with Gasteiger partial charge in [-0.3, -0.25) is 0 Å². The molecule has 17 heavy (non-hydrogen) atoms. The molecule has 2 rings (SSSR count). The largest absolute Gasteiger partial charge is 0.506 e. The lowest BCUT2D eigenvalue weighted by molar-refractivity contribution is 0.0581. The third kappa shape index (κ3) is 2.70. The van der Waals surface area contributed by atoms with E-state index in [0.29, 0.717) is 18.8 Å². The number of phenols is 1. The maximum atomic E-state index is 13.3. The highest BCUT2D eigenvalue weighted by Gasteiger charge is 2.25. The second kappa shape index (κ2) is 5.21. The van der Waals surface area contributed by atoms with Gasteiger partial charge in [0.05, 0.1) is 5.02 Å². The molecule has 0 unspecified atom stereocenters. The van der Waals surface area contributed by atoms with Crippen molar-refractivity contribution in [3.63, 3.8) is 0 Å². The van der Waals surface area contributed by atoms with Gasteiger partial charge in [0.15, 0.2) is 0 Å². The van der Waals surface area contributed by atoms with E-state index in [4.69, 9.17) is 22.1 Å². The molecular weight excluding hydrogens is 245 g/mol. The number of aromatic hydroxyl groups is 1. The summed E-state index contributed by atoms with van der Waals surface area (Å²) in [4.78, 5) is 0. The molecule has 1 heterocycles. The molecule has 0 aromatic heterocycles. The number of rotatable bonds is 2. The van der Waals surface area contributed by atoms with Gasteiger partial charge in [-0.2, -0.15) is 0 Å². The van der Waals surface area contributed by atoms with Crippen LogP contribution in [0, 0.1) is 11.7 Å². The minimum Gasteiger partial charge on any atom is -0.506 e. The van der Waals surface area contributed by atoms with Gasteiger partial charge >= 0.3 is 0 Å². The van der Waals surface area contributed by atoms with Crippen molar-refractivity contribution in [3.8, 4) is 5.75 Å². The van der Waals surface area contributed by atoms with Crippen LogP contribution in [0.4, 0.5) is 4.39 Å². The van der Waals surface area contributed by atoms with Gasteiger partial charge in [-0.05, 0) is 30.9 Å². The summed E-state index contributed by atoms with van der Waals surface area (Å²) < 4.78 is 18.5. The van der Waals surface area contributed by atoms with Crippen LogP contribution in [-0.2, 0) is 4.74 Å². The summed E-state index contributed by atoms with van der Waals surface area (Å²) in [5.74, 6) is -0.412. The zero-order chi connectivity index (χ0) is 12.4. The molecule has 1 fully saturated rings. The SMILES string of the molecule is N[C@@H](c1cc(F)cc(Cl)c1O)C1CCOCC1. The zero-order valence-electron chi connectivity index (χ0n) is 9.33. The summed E-state index contributed by atoms with van der Waals surface area (Å²) in [7, 11) is 0. The van der Waals surface area contributed by atoms with E-state index >= 15 is 0 Å². The minimum atomic E-state index is -0.481. The molecule has 0 saturated carbocycles. The first-order valence-electron chi connectivity index (χ1n) is 5.61. The average Bonchev–Trinajstić information content (AvgIpc) is 2.34. The molecule has 3 N–H and O–H groups in total. The number of halogens is 2. The van der Waals surface area contributed by atoms with Crippen LogP contribution in [0.3, 0.4) is 0 Å². The van der Waals surface area contributed by atoms with E-state index in [1.54, 1.807) is 0 Å².